The first-order valence-electron chi connectivity index (χ1n) is 7.09. The summed E-state index contributed by atoms with van der Waals surface area (Å²) in [5.41, 5.74) is 1.80. The Morgan fingerprint density at radius 2 is 2.00 bits per heavy atom. The van der Waals surface area contributed by atoms with Gasteiger partial charge in [-0.1, -0.05) is 0 Å². The van der Waals surface area contributed by atoms with Crippen LogP contribution in [0.3, 0.4) is 0 Å². The van der Waals surface area contributed by atoms with Crippen LogP contribution in [0.5, 0.6) is 0 Å². The van der Waals surface area contributed by atoms with Crippen molar-refractivity contribution < 1.29 is 4.79 Å². The Labute approximate surface area is 122 Å². The third-order valence-corrected chi connectivity index (χ3v) is 3.75. The van der Waals surface area contributed by atoms with Crippen LogP contribution in [-0.4, -0.2) is 45.2 Å². The molecule has 7 heteroatoms. The van der Waals surface area contributed by atoms with E-state index in [4.69, 9.17) is 0 Å². The maximum atomic E-state index is 12.0. The van der Waals surface area contributed by atoms with Gasteiger partial charge in [-0.05, 0) is 60.6 Å². The molecule has 1 saturated heterocycles. The summed E-state index contributed by atoms with van der Waals surface area (Å²) in [6.07, 6.45) is 3.51. The molecule has 1 fully saturated rings. The molecule has 1 amide bonds. The Hall–Kier alpha value is -2.28. The van der Waals surface area contributed by atoms with E-state index >= 15 is 0 Å². The number of hydrogen-bond donors (Lipinski definition) is 1. The van der Waals surface area contributed by atoms with Crippen molar-refractivity contribution >= 4 is 11.6 Å². The molecular weight excluding hydrogens is 268 g/mol. The SMILES string of the molecule is CC(=O)N(c1ccc(-n2cnnn2)cc1)C1CCNCC1. The van der Waals surface area contributed by atoms with Crippen molar-refractivity contribution in [3.05, 3.63) is 30.6 Å². The Morgan fingerprint density at radius 3 is 2.57 bits per heavy atom. The molecule has 0 bridgehead atoms. The average molecular weight is 286 g/mol. The number of aromatic nitrogens is 4. The van der Waals surface area contributed by atoms with Gasteiger partial charge in [0.2, 0.25) is 5.91 Å². The van der Waals surface area contributed by atoms with Crippen LogP contribution in [0, 0.1) is 0 Å². The summed E-state index contributed by atoms with van der Waals surface area (Å²) in [6.45, 7) is 3.53. The lowest BCUT2D eigenvalue weighted by atomic mass is 10.0. The molecule has 0 radical (unpaired) electrons. The van der Waals surface area contributed by atoms with E-state index in [0.717, 1.165) is 37.3 Å². The number of nitrogens with one attached hydrogen (secondary N) is 1. The minimum Gasteiger partial charge on any atom is -0.317 e. The average Bonchev–Trinajstić information content (AvgIpc) is 3.03. The van der Waals surface area contributed by atoms with Gasteiger partial charge in [0, 0.05) is 18.7 Å². The van der Waals surface area contributed by atoms with Gasteiger partial charge >= 0.3 is 0 Å². The molecule has 21 heavy (non-hydrogen) atoms. The van der Waals surface area contributed by atoms with Crippen molar-refractivity contribution in [1.82, 2.24) is 25.5 Å². The number of rotatable bonds is 3. The maximum absolute atomic E-state index is 12.0. The van der Waals surface area contributed by atoms with Gasteiger partial charge in [0.05, 0.1) is 5.69 Å². The molecule has 0 spiro atoms. The van der Waals surface area contributed by atoms with Crippen molar-refractivity contribution in [1.29, 1.82) is 0 Å². The number of hydrogen-bond acceptors (Lipinski definition) is 5. The van der Waals surface area contributed by atoms with Gasteiger partial charge in [-0.25, -0.2) is 4.68 Å². The number of benzene rings is 1. The zero-order chi connectivity index (χ0) is 14.7. The van der Waals surface area contributed by atoms with E-state index in [1.54, 1.807) is 17.9 Å². The number of nitrogens with zero attached hydrogens (tertiary/aromatic N) is 5. The second-order valence-corrected chi connectivity index (χ2v) is 5.14. The molecule has 1 aromatic heterocycles. The van der Waals surface area contributed by atoms with Gasteiger partial charge in [-0.2, -0.15) is 0 Å². The van der Waals surface area contributed by atoms with Crippen molar-refractivity contribution in [3.63, 3.8) is 0 Å². The van der Waals surface area contributed by atoms with E-state index in [2.05, 4.69) is 20.8 Å². The zero-order valence-electron chi connectivity index (χ0n) is 11.9. The Bertz CT molecular complexity index is 588. The van der Waals surface area contributed by atoms with Crippen LogP contribution >= 0.6 is 0 Å². The summed E-state index contributed by atoms with van der Waals surface area (Å²) in [5.74, 6) is 0.0806. The Kier molecular flexibility index (Phi) is 3.92. The van der Waals surface area contributed by atoms with Crippen molar-refractivity contribution in [2.24, 2.45) is 0 Å². The zero-order valence-corrected chi connectivity index (χ0v) is 11.9. The van der Waals surface area contributed by atoms with Gasteiger partial charge in [-0.15, -0.1) is 5.10 Å². The number of carbonyl (C=O) groups is 1. The molecule has 0 saturated carbocycles. The fraction of sp³-hybridized carbons (Fsp3) is 0.429. The number of tetrazole rings is 1. The molecule has 1 aliphatic rings. The second-order valence-electron chi connectivity index (χ2n) is 5.14. The molecular formula is C14H18N6O. The first-order chi connectivity index (χ1) is 10.3. The number of amides is 1. The quantitative estimate of drug-likeness (QED) is 0.902. The summed E-state index contributed by atoms with van der Waals surface area (Å²) in [5, 5.41) is 14.4. The molecule has 7 nitrogen and oxygen atoms in total. The molecule has 0 unspecified atom stereocenters. The highest BCUT2D eigenvalue weighted by molar-refractivity contribution is 5.92. The Balaban J connectivity index is 1.84. The summed E-state index contributed by atoms with van der Waals surface area (Å²) in [7, 11) is 0. The normalized spacial score (nSPS) is 15.9. The highest BCUT2D eigenvalue weighted by Crippen LogP contribution is 2.23. The standard InChI is InChI=1S/C14H18N6O/c1-11(21)20(14-6-8-15-9-7-14)13-4-2-12(3-5-13)19-10-16-17-18-19/h2-5,10,14-15H,6-9H2,1H3. The van der Waals surface area contributed by atoms with E-state index in [9.17, 15) is 4.79 Å². The molecule has 3 rings (SSSR count). The van der Waals surface area contributed by atoms with E-state index < -0.39 is 0 Å². The lowest BCUT2D eigenvalue weighted by Gasteiger charge is -2.34. The van der Waals surface area contributed by atoms with Gasteiger partial charge in [-0.3, -0.25) is 4.79 Å². The summed E-state index contributed by atoms with van der Waals surface area (Å²) in [6, 6.07) is 7.99. The number of piperidine rings is 1. The van der Waals surface area contributed by atoms with Crippen LogP contribution in [0.2, 0.25) is 0 Å². The van der Waals surface area contributed by atoms with Crippen LogP contribution in [0.15, 0.2) is 30.6 Å². The third-order valence-electron chi connectivity index (χ3n) is 3.75. The highest BCUT2D eigenvalue weighted by Gasteiger charge is 2.24. The third kappa shape index (κ3) is 2.92. The van der Waals surface area contributed by atoms with Crippen molar-refractivity contribution in [2.45, 2.75) is 25.8 Å². The van der Waals surface area contributed by atoms with Crippen LogP contribution in [0.25, 0.3) is 5.69 Å². The van der Waals surface area contributed by atoms with Gasteiger partial charge < -0.3 is 10.2 Å². The summed E-state index contributed by atoms with van der Waals surface area (Å²) >= 11 is 0. The van der Waals surface area contributed by atoms with E-state index in [1.165, 1.54) is 0 Å². The van der Waals surface area contributed by atoms with Gasteiger partial charge in [0.1, 0.15) is 6.33 Å². The molecule has 1 aliphatic heterocycles. The topological polar surface area (TPSA) is 75.9 Å². The lowest BCUT2D eigenvalue weighted by molar-refractivity contribution is -0.117. The van der Waals surface area contributed by atoms with Crippen LogP contribution < -0.4 is 10.2 Å². The molecule has 110 valence electrons. The second kappa shape index (κ2) is 6.01. The fourth-order valence-corrected chi connectivity index (χ4v) is 2.76. The minimum atomic E-state index is 0.0806. The summed E-state index contributed by atoms with van der Waals surface area (Å²) < 4.78 is 1.59. The largest absolute Gasteiger partial charge is 0.317 e. The van der Waals surface area contributed by atoms with Crippen LogP contribution in [-0.2, 0) is 4.79 Å². The van der Waals surface area contributed by atoms with Crippen molar-refractivity contribution in [2.75, 3.05) is 18.0 Å². The van der Waals surface area contributed by atoms with E-state index in [-0.39, 0.29) is 11.9 Å². The monoisotopic (exact) mass is 286 g/mol. The molecule has 0 atom stereocenters. The lowest BCUT2D eigenvalue weighted by Crippen LogP contribution is -2.45. The molecule has 2 aromatic rings. The first kappa shape index (κ1) is 13.7. The smallest absolute Gasteiger partial charge is 0.224 e. The fourth-order valence-electron chi connectivity index (χ4n) is 2.76. The predicted molar refractivity (Wildman–Crippen MR) is 78.2 cm³/mol. The molecule has 0 aliphatic carbocycles. The van der Waals surface area contributed by atoms with E-state index in [1.807, 2.05) is 29.2 Å². The van der Waals surface area contributed by atoms with Crippen LogP contribution in [0.1, 0.15) is 19.8 Å². The highest BCUT2D eigenvalue weighted by atomic mass is 16.2. The molecule has 1 N–H and O–H groups in total. The minimum absolute atomic E-state index is 0.0806. The van der Waals surface area contributed by atoms with E-state index in [0.29, 0.717) is 0 Å². The Morgan fingerprint density at radius 1 is 1.29 bits per heavy atom. The number of carbonyl (C=O) groups excluding carboxylic acids is 1. The van der Waals surface area contributed by atoms with Gasteiger partial charge in [0.25, 0.3) is 0 Å². The van der Waals surface area contributed by atoms with Crippen molar-refractivity contribution in [3.8, 4) is 5.69 Å². The molecule has 1 aromatic carbocycles. The molecule has 2 heterocycles. The van der Waals surface area contributed by atoms with Crippen LogP contribution in [0.4, 0.5) is 5.69 Å². The predicted octanol–water partition coefficient (Wildman–Crippen LogP) is 0.767. The van der Waals surface area contributed by atoms with Gasteiger partial charge in [0.15, 0.2) is 0 Å². The number of anilines is 1. The maximum Gasteiger partial charge on any atom is 0.224 e. The first-order valence-corrected chi connectivity index (χ1v) is 7.09. The summed E-state index contributed by atoms with van der Waals surface area (Å²) in [4.78, 5) is 13.9.